The Bertz CT molecular complexity index is 544. The lowest BCUT2D eigenvalue weighted by Gasteiger charge is -2.01. The normalized spacial score (nSPS) is 12.4. The summed E-state index contributed by atoms with van der Waals surface area (Å²) >= 11 is 0. The molecule has 0 bridgehead atoms. The van der Waals surface area contributed by atoms with Crippen LogP contribution in [0.1, 0.15) is 11.1 Å². The summed E-state index contributed by atoms with van der Waals surface area (Å²) in [6, 6.07) is 11.0. The molecule has 0 fully saturated rings. The molecule has 3 rings (SSSR count). The molecule has 0 amide bonds. The third-order valence-corrected chi connectivity index (χ3v) is 2.74. The van der Waals surface area contributed by atoms with Crippen molar-refractivity contribution in [3.8, 4) is 11.1 Å². The van der Waals surface area contributed by atoms with Crippen molar-refractivity contribution in [3.05, 3.63) is 59.2 Å². The van der Waals surface area contributed by atoms with Crippen molar-refractivity contribution in [1.82, 2.24) is 0 Å². The van der Waals surface area contributed by atoms with E-state index >= 15 is 0 Å². The molecule has 73 valence electrons. The van der Waals surface area contributed by atoms with E-state index in [1.165, 1.54) is 6.07 Å². The molecule has 0 atom stereocenters. The predicted molar refractivity (Wildman–Crippen MR) is 53.4 cm³/mol. The van der Waals surface area contributed by atoms with Gasteiger partial charge in [-0.2, -0.15) is 0 Å². The van der Waals surface area contributed by atoms with Gasteiger partial charge in [-0.05, 0) is 29.2 Å². The zero-order valence-electron chi connectivity index (χ0n) is 7.85. The van der Waals surface area contributed by atoms with E-state index in [9.17, 15) is 8.78 Å². The van der Waals surface area contributed by atoms with Gasteiger partial charge < -0.3 is 0 Å². The quantitative estimate of drug-likeness (QED) is 0.523. The van der Waals surface area contributed by atoms with Gasteiger partial charge in [-0.25, -0.2) is 8.78 Å². The molecule has 15 heavy (non-hydrogen) atoms. The van der Waals surface area contributed by atoms with E-state index in [1.54, 1.807) is 0 Å². The first-order valence-electron chi connectivity index (χ1n) is 4.74. The minimum atomic E-state index is -0.626. The molecule has 0 spiro atoms. The molecule has 1 radical (unpaired) electrons. The van der Waals surface area contributed by atoms with Gasteiger partial charge in [0.1, 0.15) is 11.6 Å². The Morgan fingerprint density at radius 3 is 2.73 bits per heavy atom. The van der Waals surface area contributed by atoms with Gasteiger partial charge in [0.2, 0.25) is 0 Å². The van der Waals surface area contributed by atoms with Crippen LogP contribution in [0.5, 0.6) is 0 Å². The van der Waals surface area contributed by atoms with Crippen molar-refractivity contribution in [2.75, 3.05) is 0 Å². The van der Waals surface area contributed by atoms with Crippen molar-refractivity contribution in [2.45, 2.75) is 6.42 Å². The van der Waals surface area contributed by atoms with E-state index in [4.69, 9.17) is 0 Å². The zero-order valence-corrected chi connectivity index (χ0v) is 7.85. The number of benzene rings is 2. The third kappa shape index (κ3) is 1.18. The average molecular weight is 201 g/mol. The maximum Gasteiger partial charge on any atom is 0.142 e. The molecular weight excluding hydrogens is 194 g/mol. The molecule has 2 aromatic carbocycles. The monoisotopic (exact) mass is 201 g/mol. The van der Waals surface area contributed by atoms with Gasteiger partial charge in [0.05, 0.1) is 6.07 Å². The molecule has 0 unspecified atom stereocenters. The molecule has 0 aliphatic heterocycles. The Kier molecular flexibility index (Phi) is 1.66. The minimum absolute atomic E-state index is 0.506. The van der Waals surface area contributed by atoms with Crippen LogP contribution in [-0.4, -0.2) is 0 Å². The standard InChI is InChI=1S/C13H7F2/c14-10-6-9-5-8-3-1-2-4-11(8)13(9)12(15)7-10/h1-4,6H,5H2. The molecule has 0 nitrogen and oxygen atoms in total. The van der Waals surface area contributed by atoms with Crippen molar-refractivity contribution < 1.29 is 8.78 Å². The fourth-order valence-corrected chi connectivity index (χ4v) is 2.12. The predicted octanol–water partition coefficient (Wildman–Crippen LogP) is 3.34. The highest BCUT2D eigenvalue weighted by atomic mass is 19.1. The van der Waals surface area contributed by atoms with E-state index in [1.807, 2.05) is 24.3 Å². The number of hydrogen-bond donors (Lipinski definition) is 0. The highest BCUT2D eigenvalue weighted by molar-refractivity contribution is 5.76. The van der Waals surface area contributed by atoms with Crippen molar-refractivity contribution >= 4 is 0 Å². The van der Waals surface area contributed by atoms with Gasteiger partial charge in [0, 0.05) is 5.56 Å². The van der Waals surface area contributed by atoms with E-state index in [2.05, 4.69) is 6.07 Å². The van der Waals surface area contributed by atoms with Crippen LogP contribution in [0.2, 0.25) is 0 Å². The maximum absolute atomic E-state index is 13.5. The second kappa shape index (κ2) is 2.89. The van der Waals surface area contributed by atoms with Crippen LogP contribution in [0.15, 0.2) is 30.3 Å². The van der Waals surface area contributed by atoms with Gasteiger partial charge in [-0.1, -0.05) is 24.3 Å². The molecule has 0 N–H and O–H groups in total. The zero-order chi connectivity index (χ0) is 10.4. The molecule has 1 aliphatic carbocycles. The van der Waals surface area contributed by atoms with Crippen LogP contribution >= 0.6 is 0 Å². The number of hydrogen-bond acceptors (Lipinski definition) is 0. The summed E-state index contributed by atoms with van der Waals surface area (Å²) in [5.41, 5.74) is 3.13. The van der Waals surface area contributed by atoms with E-state index in [0.29, 0.717) is 17.5 Å². The Labute approximate surface area is 86.2 Å². The summed E-state index contributed by atoms with van der Waals surface area (Å²) in [7, 11) is 0. The molecule has 0 saturated carbocycles. The number of halogens is 2. The van der Waals surface area contributed by atoms with Crippen LogP contribution < -0.4 is 0 Å². The first-order valence-corrected chi connectivity index (χ1v) is 4.74. The molecule has 2 heteroatoms. The average Bonchev–Trinajstić information content (AvgIpc) is 2.54. The van der Waals surface area contributed by atoms with Gasteiger partial charge in [-0.3, -0.25) is 0 Å². The molecule has 0 aromatic heterocycles. The van der Waals surface area contributed by atoms with E-state index in [-0.39, 0.29) is 0 Å². The van der Waals surface area contributed by atoms with Gasteiger partial charge >= 0.3 is 0 Å². The molecular formula is C13H7F2. The summed E-state index contributed by atoms with van der Waals surface area (Å²) in [5, 5.41) is 0. The lowest BCUT2D eigenvalue weighted by molar-refractivity contribution is 0.580. The van der Waals surface area contributed by atoms with Gasteiger partial charge in [0.25, 0.3) is 0 Å². The minimum Gasteiger partial charge on any atom is -0.206 e. The van der Waals surface area contributed by atoms with Crippen molar-refractivity contribution in [1.29, 1.82) is 0 Å². The van der Waals surface area contributed by atoms with Crippen LogP contribution in [-0.2, 0) is 6.42 Å². The summed E-state index contributed by atoms with van der Waals surface area (Å²) in [6.45, 7) is 0. The lowest BCUT2D eigenvalue weighted by atomic mass is 10.1. The smallest absolute Gasteiger partial charge is 0.142 e. The largest absolute Gasteiger partial charge is 0.206 e. The van der Waals surface area contributed by atoms with Crippen LogP contribution in [0.25, 0.3) is 11.1 Å². The summed E-state index contributed by atoms with van der Waals surface area (Å²) < 4.78 is 26.5. The third-order valence-electron chi connectivity index (χ3n) is 2.74. The second-order valence-electron chi connectivity index (χ2n) is 3.67. The SMILES string of the molecule is Fc1[c]c(F)c2c(c1)Cc1ccccc1-2. The van der Waals surface area contributed by atoms with Crippen molar-refractivity contribution in [2.24, 2.45) is 0 Å². The molecule has 2 aromatic rings. The molecule has 0 saturated heterocycles. The summed E-state index contributed by atoms with van der Waals surface area (Å²) in [6.07, 6.45) is 0.605. The highest BCUT2D eigenvalue weighted by Crippen LogP contribution is 2.38. The van der Waals surface area contributed by atoms with Crippen LogP contribution in [0.3, 0.4) is 0 Å². The van der Waals surface area contributed by atoms with Crippen LogP contribution in [0, 0.1) is 17.7 Å². The van der Waals surface area contributed by atoms with E-state index in [0.717, 1.165) is 11.1 Å². The second-order valence-corrected chi connectivity index (χ2v) is 3.67. The topological polar surface area (TPSA) is 0 Å². The Balaban J connectivity index is 2.33. The first kappa shape index (κ1) is 8.60. The number of fused-ring (bicyclic) bond motifs is 3. The van der Waals surface area contributed by atoms with E-state index < -0.39 is 11.6 Å². The van der Waals surface area contributed by atoms with Crippen molar-refractivity contribution in [3.63, 3.8) is 0 Å². The number of rotatable bonds is 0. The first-order chi connectivity index (χ1) is 7.25. The summed E-state index contributed by atoms with van der Waals surface area (Å²) in [4.78, 5) is 0. The fourth-order valence-electron chi connectivity index (χ4n) is 2.12. The van der Waals surface area contributed by atoms with Gasteiger partial charge in [-0.15, -0.1) is 0 Å². The van der Waals surface area contributed by atoms with Crippen LogP contribution in [0.4, 0.5) is 8.78 Å². The fraction of sp³-hybridized carbons (Fsp3) is 0.0769. The molecule has 0 heterocycles. The Hall–Kier alpha value is -1.70. The Morgan fingerprint density at radius 2 is 1.87 bits per heavy atom. The lowest BCUT2D eigenvalue weighted by Crippen LogP contribution is -1.88. The summed E-state index contributed by atoms with van der Waals surface area (Å²) in [5.74, 6) is -1.21. The maximum atomic E-state index is 13.5. The molecule has 1 aliphatic rings. The highest BCUT2D eigenvalue weighted by Gasteiger charge is 2.22. The Morgan fingerprint density at radius 1 is 1.07 bits per heavy atom. The van der Waals surface area contributed by atoms with Gasteiger partial charge in [0.15, 0.2) is 0 Å².